The lowest BCUT2D eigenvalue weighted by molar-refractivity contribution is -0.148. The number of hydrogen-bond acceptors (Lipinski definition) is 11. The van der Waals surface area contributed by atoms with E-state index in [-0.39, 0.29) is 36.7 Å². The van der Waals surface area contributed by atoms with E-state index >= 15 is 4.39 Å². The zero-order chi connectivity index (χ0) is 31.7. The van der Waals surface area contributed by atoms with Crippen molar-refractivity contribution >= 4 is 29.1 Å². The summed E-state index contributed by atoms with van der Waals surface area (Å²) in [4.78, 5) is 57.5. The summed E-state index contributed by atoms with van der Waals surface area (Å²) in [6.45, 7) is 1.31. The number of carbonyl (C=O) groups excluding carboxylic acids is 4. The van der Waals surface area contributed by atoms with Crippen LogP contribution in [0.2, 0.25) is 0 Å². The second kappa shape index (κ2) is 10.7. The highest BCUT2D eigenvalue weighted by molar-refractivity contribution is 6.25. The maximum Gasteiger partial charge on any atom is 0.255 e. The Morgan fingerprint density at radius 2 is 1.84 bits per heavy atom. The Balaban J connectivity index is 1.51. The second-order valence-electron chi connectivity index (χ2n) is 12.3. The summed E-state index contributed by atoms with van der Waals surface area (Å²) in [6.07, 6.45) is 0.519. The summed E-state index contributed by atoms with van der Waals surface area (Å²) in [7, 11) is 6.93. The van der Waals surface area contributed by atoms with E-state index in [1.807, 2.05) is 19.0 Å². The van der Waals surface area contributed by atoms with Gasteiger partial charge in [-0.3, -0.25) is 29.0 Å². The molecule has 1 aliphatic heterocycles. The van der Waals surface area contributed by atoms with Crippen LogP contribution in [-0.4, -0.2) is 124 Å². The molecule has 1 aromatic rings. The molecule has 1 fully saturated rings. The van der Waals surface area contributed by atoms with Crippen LogP contribution >= 0.6 is 0 Å². The molecule has 13 nitrogen and oxygen atoms in total. The number of amides is 2. The largest absolute Gasteiger partial charge is 0.510 e. The highest BCUT2D eigenvalue weighted by Gasteiger charge is 2.63. The molecule has 3 aliphatic carbocycles. The van der Waals surface area contributed by atoms with Crippen LogP contribution < -0.4 is 11.1 Å². The van der Waals surface area contributed by atoms with Crippen LogP contribution in [0.1, 0.15) is 28.8 Å². The van der Waals surface area contributed by atoms with Gasteiger partial charge in [0.05, 0.1) is 23.8 Å². The lowest BCUT2D eigenvalue weighted by atomic mass is 9.58. The summed E-state index contributed by atoms with van der Waals surface area (Å²) in [5.41, 5.74) is 0.211. The SMILES string of the molecule is CN(C)[C@@H]1CCN(CC(=O)Nc2cc(F)c3c(c2O)C(=O)C2=C(O)[C@]4(O)C(=O)C(C(N)=O)=C(O)[C@@H](N(C)C)[C@@H]4C[C@@H]2C3)C1. The van der Waals surface area contributed by atoms with Gasteiger partial charge in [-0.2, -0.15) is 0 Å². The Morgan fingerprint density at radius 3 is 2.42 bits per heavy atom. The van der Waals surface area contributed by atoms with Crippen molar-refractivity contribution in [3.05, 3.63) is 45.7 Å². The third-order valence-electron chi connectivity index (χ3n) is 9.29. The van der Waals surface area contributed by atoms with Gasteiger partial charge in [0.1, 0.15) is 22.9 Å². The number of hydrogen-bond donors (Lipinski definition) is 6. The zero-order valence-electron chi connectivity index (χ0n) is 24.3. The van der Waals surface area contributed by atoms with E-state index in [1.165, 1.54) is 19.0 Å². The van der Waals surface area contributed by atoms with Gasteiger partial charge in [-0.1, -0.05) is 0 Å². The zero-order valence-corrected chi connectivity index (χ0v) is 24.3. The molecule has 0 spiro atoms. The molecule has 0 aromatic heterocycles. The first kappa shape index (κ1) is 30.6. The average molecular weight is 602 g/mol. The Kier molecular flexibility index (Phi) is 7.61. The van der Waals surface area contributed by atoms with E-state index in [4.69, 9.17) is 5.73 Å². The number of anilines is 1. The molecule has 0 saturated carbocycles. The third kappa shape index (κ3) is 4.69. The summed E-state index contributed by atoms with van der Waals surface area (Å²) >= 11 is 0. The molecule has 14 heteroatoms. The van der Waals surface area contributed by atoms with Crippen molar-refractivity contribution in [3.63, 3.8) is 0 Å². The predicted molar refractivity (Wildman–Crippen MR) is 151 cm³/mol. The normalized spacial score (nSPS) is 29.2. The minimum Gasteiger partial charge on any atom is -0.510 e. The van der Waals surface area contributed by atoms with Gasteiger partial charge in [0, 0.05) is 42.3 Å². The molecule has 1 aromatic carbocycles. The summed E-state index contributed by atoms with van der Waals surface area (Å²) in [5, 5.41) is 47.4. The number of carbonyl (C=O) groups is 4. The fourth-order valence-electron chi connectivity index (χ4n) is 7.14. The number of allylic oxidation sites excluding steroid dienone is 1. The number of phenolic OH excluding ortho intramolecular Hbond substituents is 1. The number of ketones is 2. The average Bonchev–Trinajstić information content (AvgIpc) is 3.37. The number of phenols is 1. The Labute approximate surface area is 247 Å². The number of aliphatic hydroxyl groups excluding tert-OH is 2. The molecule has 5 atom stereocenters. The Hall–Kier alpha value is -3.85. The van der Waals surface area contributed by atoms with Crippen molar-refractivity contribution in [2.75, 3.05) is 53.1 Å². The fraction of sp³-hybridized carbons (Fsp3) is 0.517. The number of nitrogens with two attached hydrogens (primary N) is 1. The number of Topliss-reactive ketones (excluding diaryl/α,β-unsaturated/α-hetero) is 2. The summed E-state index contributed by atoms with van der Waals surface area (Å²) < 4.78 is 15.5. The van der Waals surface area contributed by atoms with Crippen molar-refractivity contribution in [2.24, 2.45) is 17.6 Å². The van der Waals surface area contributed by atoms with Gasteiger partial charge in [-0.25, -0.2) is 4.39 Å². The molecule has 4 aliphatic rings. The van der Waals surface area contributed by atoms with Crippen LogP contribution in [0.25, 0.3) is 0 Å². The number of benzene rings is 1. The first-order valence-electron chi connectivity index (χ1n) is 14.0. The smallest absolute Gasteiger partial charge is 0.255 e. The highest BCUT2D eigenvalue weighted by atomic mass is 19.1. The molecule has 1 saturated heterocycles. The van der Waals surface area contributed by atoms with Gasteiger partial charge in [-0.15, -0.1) is 0 Å². The molecule has 0 radical (unpaired) electrons. The lowest BCUT2D eigenvalue weighted by Crippen LogP contribution is -2.63. The topological polar surface area (TPSA) is 197 Å². The van der Waals surface area contributed by atoms with Crippen LogP contribution in [0.15, 0.2) is 28.7 Å². The number of halogens is 1. The minimum absolute atomic E-state index is 0.0173. The predicted octanol–water partition coefficient (Wildman–Crippen LogP) is -0.166. The summed E-state index contributed by atoms with van der Waals surface area (Å²) in [6, 6.07) is 0.0615. The molecule has 0 bridgehead atoms. The molecular weight excluding hydrogens is 565 g/mol. The van der Waals surface area contributed by atoms with E-state index < -0.39 is 86.7 Å². The van der Waals surface area contributed by atoms with E-state index in [1.54, 1.807) is 0 Å². The number of nitrogens with zero attached hydrogens (tertiary/aromatic N) is 3. The van der Waals surface area contributed by atoms with Crippen molar-refractivity contribution < 1.29 is 44.0 Å². The van der Waals surface area contributed by atoms with Crippen molar-refractivity contribution in [3.8, 4) is 5.75 Å². The van der Waals surface area contributed by atoms with Gasteiger partial charge < -0.3 is 36.4 Å². The number of likely N-dealkylation sites (tertiary alicyclic amines) is 1. The van der Waals surface area contributed by atoms with E-state index in [2.05, 4.69) is 10.2 Å². The first-order chi connectivity index (χ1) is 20.1. The van der Waals surface area contributed by atoms with Crippen molar-refractivity contribution in [1.82, 2.24) is 14.7 Å². The van der Waals surface area contributed by atoms with E-state index in [0.29, 0.717) is 13.1 Å². The molecule has 43 heavy (non-hydrogen) atoms. The number of likely N-dealkylation sites (N-methyl/N-ethyl adjacent to an activating group) is 2. The number of aliphatic hydroxyl groups is 3. The monoisotopic (exact) mass is 601 g/mol. The van der Waals surface area contributed by atoms with Crippen molar-refractivity contribution in [2.45, 2.75) is 36.9 Å². The molecule has 232 valence electrons. The molecule has 0 unspecified atom stereocenters. The number of fused-ring (bicyclic) bond motifs is 3. The van der Waals surface area contributed by atoms with Gasteiger partial charge in [0.15, 0.2) is 17.1 Å². The number of rotatable bonds is 6. The molecule has 2 amide bonds. The maximum atomic E-state index is 15.5. The third-order valence-corrected chi connectivity index (χ3v) is 9.29. The summed E-state index contributed by atoms with van der Waals surface area (Å²) in [5.74, 6) is -9.70. The first-order valence-corrected chi connectivity index (χ1v) is 14.0. The van der Waals surface area contributed by atoms with E-state index in [0.717, 1.165) is 12.5 Å². The lowest BCUT2D eigenvalue weighted by Gasteiger charge is -2.50. The van der Waals surface area contributed by atoms with E-state index in [9.17, 15) is 39.6 Å². The van der Waals surface area contributed by atoms with Crippen LogP contribution in [0.3, 0.4) is 0 Å². The number of aromatic hydroxyl groups is 1. The quantitative estimate of drug-likeness (QED) is 0.187. The van der Waals surface area contributed by atoms with Crippen LogP contribution in [0.4, 0.5) is 10.1 Å². The minimum atomic E-state index is -2.80. The molecule has 5 rings (SSSR count). The second-order valence-corrected chi connectivity index (χ2v) is 12.3. The van der Waals surface area contributed by atoms with Crippen LogP contribution in [0.5, 0.6) is 5.75 Å². The Morgan fingerprint density at radius 1 is 1.16 bits per heavy atom. The van der Waals surface area contributed by atoms with Crippen LogP contribution in [-0.2, 0) is 20.8 Å². The Bertz CT molecular complexity index is 1500. The standard InChI is InChI=1S/C29H36FN5O8/c1-33(2)13-5-6-35(10-13)11-18(36)32-17-9-16(30)14-7-12-8-15-22(34(3)4)25(39)21(28(31)42)27(41)29(15,43)26(40)19(12)24(38)20(14)23(17)37/h9,12-13,15,22,37,39-40,43H,5-8,10-11H2,1-4H3,(H2,31,42)(H,32,36)/t12-,13+,15-,22-,29-/m0/s1. The number of nitrogens with one attached hydrogen (secondary N) is 1. The molecule has 1 heterocycles. The molecular formula is C29H36FN5O8. The maximum absolute atomic E-state index is 15.5. The number of primary amides is 1. The fourth-order valence-corrected chi connectivity index (χ4v) is 7.14. The van der Waals surface area contributed by atoms with Gasteiger partial charge in [-0.05, 0) is 53.4 Å². The molecule has 7 N–H and O–H groups in total. The van der Waals surface area contributed by atoms with Crippen molar-refractivity contribution in [1.29, 1.82) is 0 Å². The van der Waals surface area contributed by atoms with Crippen LogP contribution in [0, 0.1) is 17.7 Å². The van der Waals surface area contributed by atoms with Gasteiger partial charge >= 0.3 is 0 Å². The highest BCUT2D eigenvalue weighted by Crippen LogP contribution is 2.53. The van der Waals surface area contributed by atoms with Gasteiger partial charge in [0.25, 0.3) is 5.91 Å². The van der Waals surface area contributed by atoms with Gasteiger partial charge in [0.2, 0.25) is 11.7 Å².